The first-order chi connectivity index (χ1) is 6.56. The van der Waals surface area contributed by atoms with Gasteiger partial charge in [-0.25, -0.2) is 0 Å². The summed E-state index contributed by atoms with van der Waals surface area (Å²) in [5, 5.41) is 9.40. The molecule has 0 radical (unpaired) electrons. The second kappa shape index (κ2) is 4.48. The van der Waals surface area contributed by atoms with Gasteiger partial charge >= 0.3 is 0 Å². The van der Waals surface area contributed by atoms with E-state index in [-0.39, 0.29) is 0 Å². The minimum atomic E-state index is 0.437. The van der Waals surface area contributed by atoms with Crippen LogP contribution in [0.5, 0.6) is 0 Å². The van der Waals surface area contributed by atoms with Crippen LogP contribution in [0.2, 0.25) is 5.02 Å². The normalized spacial score (nSPS) is 10.3. The Morgan fingerprint density at radius 1 is 1.43 bits per heavy atom. The number of hydrogen-bond acceptors (Lipinski definition) is 1. The SMILES string of the molecule is Cc1c(CC#N)cc(Cl)cc1C(C)C. The molecule has 1 aromatic rings. The van der Waals surface area contributed by atoms with Gasteiger partial charge in [0, 0.05) is 5.02 Å². The molecule has 0 heterocycles. The summed E-state index contributed by atoms with van der Waals surface area (Å²) in [6.45, 7) is 6.32. The zero-order valence-electron chi connectivity index (χ0n) is 8.76. The molecule has 0 unspecified atom stereocenters. The van der Waals surface area contributed by atoms with Crippen LogP contribution in [0.3, 0.4) is 0 Å². The van der Waals surface area contributed by atoms with Crippen LogP contribution in [-0.4, -0.2) is 0 Å². The van der Waals surface area contributed by atoms with Crippen LogP contribution < -0.4 is 0 Å². The molecule has 74 valence electrons. The second-order valence-electron chi connectivity index (χ2n) is 3.77. The Labute approximate surface area is 90.3 Å². The van der Waals surface area contributed by atoms with E-state index in [0.29, 0.717) is 12.3 Å². The molecule has 0 saturated heterocycles. The summed E-state index contributed by atoms with van der Waals surface area (Å²) in [6, 6.07) is 6.03. The highest BCUT2D eigenvalue weighted by molar-refractivity contribution is 6.30. The molecule has 0 N–H and O–H groups in total. The number of nitrogens with zero attached hydrogens (tertiary/aromatic N) is 1. The van der Waals surface area contributed by atoms with Crippen molar-refractivity contribution in [3.63, 3.8) is 0 Å². The van der Waals surface area contributed by atoms with E-state index in [9.17, 15) is 0 Å². The van der Waals surface area contributed by atoms with Gasteiger partial charge in [0.05, 0.1) is 12.5 Å². The summed E-state index contributed by atoms with van der Waals surface area (Å²) in [5.41, 5.74) is 3.48. The van der Waals surface area contributed by atoms with Gasteiger partial charge in [0.1, 0.15) is 0 Å². The van der Waals surface area contributed by atoms with E-state index in [4.69, 9.17) is 16.9 Å². The summed E-state index contributed by atoms with van der Waals surface area (Å²) in [6.07, 6.45) is 0.437. The Morgan fingerprint density at radius 3 is 2.57 bits per heavy atom. The van der Waals surface area contributed by atoms with E-state index in [1.807, 2.05) is 12.1 Å². The number of halogens is 1. The van der Waals surface area contributed by atoms with Gasteiger partial charge < -0.3 is 0 Å². The van der Waals surface area contributed by atoms with E-state index < -0.39 is 0 Å². The lowest BCUT2D eigenvalue weighted by Gasteiger charge is -2.13. The number of nitriles is 1. The van der Waals surface area contributed by atoms with Gasteiger partial charge in [-0.3, -0.25) is 0 Å². The quantitative estimate of drug-likeness (QED) is 0.723. The molecule has 1 rings (SSSR count). The van der Waals surface area contributed by atoms with Crippen molar-refractivity contribution >= 4 is 11.6 Å². The van der Waals surface area contributed by atoms with Crippen molar-refractivity contribution in [2.24, 2.45) is 0 Å². The van der Waals surface area contributed by atoms with E-state index in [2.05, 4.69) is 26.8 Å². The number of hydrogen-bond donors (Lipinski definition) is 0. The molecule has 2 heteroatoms. The smallest absolute Gasteiger partial charge is 0.0669 e. The van der Waals surface area contributed by atoms with Gasteiger partial charge in [0.2, 0.25) is 0 Å². The molecule has 0 atom stereocenters. The molecule has 0 spiro atoms. The van der Waals surface area contributed by atoms with Gasteiger partial charge in [0.25, 0.3) is 0 Å². The van der Waals surface area contributed by atoms with Crippen molar-refractivity contribution in [1.82, 2.24) is 0 Å². The predicted molar refractivity (Wildman–Crippen MR) is 59.6 cm³/mol. The zero-order chi connectivity index (χ0) is 10.7. The minimum Gasteiger partial charge on any atom is -0.198 e. The summed E-state index contributed by atoms with van der Waals surface area (Å²) in [5.74, 6) is 0.450. The summed E-state index contributed by atoms with van der Waals surface area (Å²) in [4.78, 5) is 0. The first-order valence-electron chi connectivity index (χ1n) is 4.72. The Kier molecular flexibility index (Phi) is 3.55. The molecular weight excluding hydrogens is 194 g/mol. The molecule has 0 aliphatic carbocycles. The monoisotopic (exact) mass is 207 g/mol. The van der Waals surface area contributed by atoms with Gasteiger partial charge in [-0.05, 0) is 41.7 Å². The summed E-state index contributed by atoms with van der Waals surface area (Å²) in [7, 11) is 0. The standard InChI is InChI=1S/C12H14ClN/c1-8(2)12-7-11(13)6-10(4-5-14)9(12)3/h6-8H,4H2,1-3H3. The Bertz CT molecular complexity index is 375. The van der Waals surface area contributed by atoms with E-state index >= 15 is 0 Å². The fourth-order valence-electron chi connectivity index (χ4n) is 1.63. The maximum atomic E-state index is 8.67. The van der Waals surface area contributed by atoms with Crippen LogP contribution in [-0.2, 0) is 6.42 Å². The van der Waals surface area contributed by atoms with Crippen molar-refractivity contribution in [3.8, 4) is 6.07 Å². The fourth-order valence-corrected chi connectivity index (χ4v) is 1.88. The van der Waals surface area contributed by atoms with Crippen molar-refractivity contribution < 1.29 is 0 Å². The lowest BCUT2D eigenvalue weighted by molar-refractivity contribution is 0.852. The average molecular weight is 208 g/mol. The predicted octanol–water partition coefficient (Wildman–Crippen LogP) is 3.84. The number of rotatable bonds is 2. The highest BCUT2D eigenvalue weighted by Gasteiger charge is 2.08. The van der Waals surface area contributed by atoms with Gasteiger partial charge in [-0.2, -0.15) is 5.26 Å². The van der Waals surface area contributed by atoms with Crippen LogP contribution in [0.15, 0.2) is 12.1 Å². The highest BCUT2D eigenvalue weighted by atomic mass is 35.5. The molecule has 14 heavy (non-hydrogen) atoms. The zero-order valence-corrected chi connectivity index (χ0v) is 9.52. The van der Waals surface area contributed by atoms with Gasteiger partial charge in [-0.15, -0.1) is 0 Å². The molecule has 1 nitrogen and oxygen atoms in total. The maximum absolute atomic E-state index is 8.67. The molecular formula is C12H14ClN. The molecule has 0 aromatic heterocycles. The molecule has 0 aliphatic heterocycles. The first-order valence-corrected chi connectivity index (χ1v) is 5.10. The van der Waals surface area contributed by atoms with Crippen molar-refractivity contribution in [1.29, 1.82) is 5.26 Å². The van der Waals surface area contributed by atoms with Crippen LogP contribution in [0.4, 0.5) is 0 Å². The number of benzene rings is 1. The third-order valence-electron chi connectivity index (χ3n) is 2.41. The average Bonchev–Trinajstić information content (AvgIpc) is 2.10. The Hall–Kier alpha value is -1.00. The van der Waals surface area contributed by atoms with Crippen molar-refractivity contribution in [2.45, 2.75) is 33.1 Å². The van der Waals surface area contributed by atoms with E-state index in [1.165, 1.54) is 11.1 Å². The maximum Gasteiger partial charge on any atom is 0.0669 e. The second-order valence-corrected chi connectivity index (χ2v) is 4.21. The van der Waals surface area contributed by atoms with E-state index in [1.54, 1.807) is 0 Å². The molecule has 0 fully saturated rings. The third kappa shape index (κ3) is 2.27. The van der Waals surface area contributed by atoms with Crippen LogP contribution in [0.25, 0.3) is 0 Å². The van der Waals surface area contributed by atoms with E-state index in [0.717, 1.165) is 10.6 Å². The van der Waals surface area contributed by atoms with Crippen LogP contribution in [0, 0.1) is 18.3 Å². The summed E-state index contributed by atoms with van der Waals surface area (Å²) < 4.78 is 0. The molecule has 0 saturated carbocycles. The lowest BCUT2D eigenvalue weighted by Crippen LogP contribution is -1.97. The Morgan fingerprint density at radius 2 is 2.07 bits per heavy atom. The highest BCUT2D eigenvalue weighted by Crippen LogP contribution is 2.26. The van der Waals surface area contributed by atoms with Crippen molar-refractivity contribution in [3.05, 3.63) is 33.8 Å². The summed E-state index contributed by atoms with van der Waals surface area (Å²) >= 11 is 5.99. The van der Waals surface area contributed by atoms with Crippen LogP contribution in [0.1, 0.15) is 36.5 Å². The molecule has 0 amide bonds. The van der Waals surface area contributed by atoms with Gasteiger partial charge in [-0.1, -0.05) is 25.4 Å². The first kappa shape index (κ1) is 11.1. The largest absolute Gasteiger partial charge is 0.198 e. The topological polar surface area (TPSA) is 23.8 Å². The fraction of sp³-hybridized carbons (Fsp3) is 0.417. The molecule has 0 aliphatic rings. The van der Waals surface area contributed by atoms with Crippen LogP contribution >= 0.6 is 11.6 Å². The third-order valence-corrected chi connectivity index (χ3v) is 2.63. The van der Waals surface area contributed by atoms with Crippen molar-refractivity contribution in [2.75, 3.05) is 0 Å². The minimum absolute atomic E-state index is 0.437. The lowest BCUT2D eigenvalue weighted by atomic mass is 9.93. The molecule has 1 aromatic carbocycles. The molecule has 0 bridgehead atoms. The Balaban J connectivity index is 3.26. The van der Waals surface area contributed by atoms with Gasteiger partial charge in [0.15, 0.2) is 0 Å².